The van der Waals surface area contributed by atoms with Gasteiger partial charge >= 0.3 is 11.8 Å². The van der Waals surface area contributed by atoms with Crippen molar-refractivity contribution in [2.45, 2.75) is 6.42 Å². The fourth-order valence-corrected chi connectivity index (χ4v) is 1.25. The fourth-order valence-electron chi connectivity index (χ4n) is 1.25. The van der Waals surface area contributed by atoms with Crippen LogP contribution in [0.15, 0.2) is 24.3 Å². The van der Waals surface area contributed by atoms with Crippen LogP contribution in [-0.4, -0.2) is 32.1 Å². The first kappa shape index (κ1) is 14.1. The number of methoxy groups -OCH3 is 1. The van der Waals surface area contributed by atoms with Gasteiger partial charge in [0.05, 0.1) is 0 Å². The number of halogens is 1. The van der Waals surface area contributed by atoms with Crippen molar-refractivity contribution in [3.8, 4) is 0 Å². The van der Waals surface area contributed by atoms with E-state index in [0.29, 0.717) is 19.6 Å². The molecule has 0 aliphatic heterocycles. The smallest absolute Gasteiger partial charge is 0.313 e. The monoisotopic (exact) mass is 254 g/mol. The second-order valence-electron chi connectivity index (χ2n) is 3.57. The highest BCUT2D eigenvalue weighted by Crippen LogP contribution is 2.08. The predicted octanol–water partition coefficient (Wildman–Crippen LogP) is 0.917. The number of hydrogen-bond donors (Lipinski definition) is 2. The van der Waals surface area contributed by atoms with E-state index in [9.17, 15) is 14.0 Å². The van der Waals surface area contributed by atoms with Crippen molar-refractivity contribution in [1.82, 2.24) is 5.32 Å². The lowest BCUT2D eigenvalue weighted by Crippen LogP contribution is -2.36. The van der Waals surface area contributed by atoms with Crippen LogP contribution in [0.1, 0.15) is 6.42 Å². The zero-order valence-electron chi connectivity index (χ0n) is 10.0. The first-order chi connectivity index (χ1) is 8.63. The van der Waals surface area contributed by atoms with Crippen LogP contribution in [0.3, 0.4) is 0 Å². The Morgan fingerprint density at radius 2 is 2.11 bits per heavy atom. The summed E-state index contributed by atoms with van der Waals surface area (Å²) in [5, 5.41) is 4.73. The molecule has 0 aliphatic rings. The van der Waals surface area contributed by atoms with Crippen molar-refractivity contribution in [2.24, 2.45) is 0 Å². The molecule has 1 rings (SSSR count). The van der Waals surface area contributed by atoms with Gasteiger partial charge in [-0.2, -0.15) is 0 Å². The summed E-state index contributed by atoms with van der Waals surface area (Å²) in [6.45, 7) is 0.856. The van der Waals surface area contributed by atoms with Crippen molar-refractivity contribution in [1.29, 1.82) is 0 Å². The van der Waals surface area contributed by atoms with E-state index in [1.807, 2.05) is 0 Å². The Hall–Kier alpha value is -1.95. The molecule has 0 saturated carbocycles. The molecular weight excluding hydrogens is 239 g/mol. The zero-order chi connectivity index (χ0) is 13.4. The molecule has 0 fully saturated rings. The van der Waals surface area contributed by atoms with E-state index in [-0.39, 0.29) is 5.69 Å². The summed E-state index contributed by atoms with van der Waals surface area (Å²) in [7, 11) is 1.55. The molecule has 0 radical (unpaired) electrons. The number of rotatable bonds is 5. The van der Waals surface area contributed by atoms with Gasteiger partial charge in [0.25, 0.3) is 0 Å². The lowest BCUT2D eigenvalue weighted by molar-refractivity contribution is -0.136. The maximum atomic E-state index is 12.8. The van der Waals surface area contributed by atoms with Crippen LogP contribution >= 0.6 is 0 Å². The SMILES string of the molecule is COCCCNC(=O)C(=O)Nc1cccc(F)c1. The number of anilines is 1. The molecule has 5 nitrogen and oxygen atoms in total. The molecule has 1 aromatic carbocycles. The highest BCUT2D eigenvalue weighted by molar-refractivity contribution is 6.39. The molecule has 6 heteroatoms. The number of benzene rings is 1. The van der Waals surface area contributed by atoms with Gasteiger partial charge in [-0.1, -0.05) is 6.07 Å². The molecule has 2 amide bonds. The van der Waals surface area contributed by atoms with Crippen LogP contribution in [0.5, 0.6) is 0 Å². The van der Waals surface area contributed by atoms with Crippen molar-refractivity contribution >= 4 is 17.5 Å². The predicted molar refractivity (Wildman–Crippen MR) is 64.5 cm³/mol. The van der Waals surface area contributed by atoms with Gasteiger partial charge in [0, 0.05) is 25.9 Å². The van der Waals surface area contributed by atoms with Crippen LogP contribution in [0.2, 0.25) is 0 Å². The highest BCUT2D eigenvalue weighted by Gasteiger charge is 2.12. The maximum Gasteiger partial charge on any atom is 0.313 e. The van der Waals surface area contributed by atoms with Crippen molar-refractivity contribution in [3.63, 3.8) is 0 Å². The Morgan fingerprint density at radius 3 is 2.78 bits per heavy atom. The molecule has 1 aromatic rings. The first-order valence-corrected chi connectivity index (χ1v) is 5.47. The average Bonchev–Trinajstić information content (AvgIpc) is 2.34. The Bertz CT molecular complexity index is 424. The Morgan fingerprint density at radius 1 is 1.33 bits per heavy atom. The molecule has 0 aliphatic carbocycles. The quantitative estimate of drug-likeness (QED) is 0.606. The Kier molecular flexibility index (Phi) is 5.79. The number of carbonyl (C=O) groups is 2. The van der Waals surface area contributed by atoms with Gasteiger partial charge in [0.15, 0.2) is 0 Å². The first-order valence-electron chi connectivity index (χ1n) is 5.47. The van der Waals surface area contributed by atoms with Crippen LogP contribution in [0.4, 0.5) is 10.1 Å². The molecular formula is C12H15FN2O3. The molecule has 0 aromatic heterocycles. The topological polar surface area (TPSA) is 67.4 Å². The van der Waals surface area contributed by atoms with Gasteiger partial charge in [-0.3, -0.25) is 9.59 Å². The van der Waals surface area contributed by atoms with Crippen molar-refractivity contribution < 1.29 is 18.7 Å². The standard InChI is InChI=1S/C12H15FN2O3/c1-18-7-3-6-14-11(16)12(17)15-10-5-2-4-9(13)8-10/h2,4-5,8H,3,6-7H2,1H3,(H,14,16)(H,15,17). The minimum atomic E-state index is -0.821. The molecule has 18 heavy (non-hydrogen) atoms. The molecule has 0 spiro atoms. The van der Waals surface area contributed by atoms with Crippen LogP contribution in [-0.2, 0) is 14.3 Å². The van der Waals surface area contributed by atoms with Crippen LogP contribution in [0, 0.1) is 5.82 Å². The van der Waals surface area contributed by atoms with E-state index < -0.39 is 17.6 Å². The zero-order valence-corrected chi connectivity index (χ0v) is 10.0. The third-order valence-electron chi connectivity index (χ3n) is 2.10. The largest absolute Gasteiger partial charge is 0.385 e. The van der Waals surface area contributed by atoms with Crippen LogP contribution in [0.25, 0.3) is 0 Å². The second kappa shape index (κ2) is 7.39. The summed E-state index contributed by atoms with van der Waals surface area (Å²) in [5.41, 5.74) is 0.243. The Balaban J connectivity index is 2.38. The number of nitrogens with one attached hydrogen (secondary N) is 2. The molecule has 2 N–H and O–H groups in total. The number of hydrogen-bond acceptors (Lipinski definition) is 3. The van der Waals surface area contributed by atoms with Gasteiger partial charge in [-0.15, -0.1) is 0 Å². The summed E-state index contributed by atoms with van der Waals surface area (Å²) in [4.78, 5) is 22.7. The minimum Gasteiger partial charge on any atom is -0.385 e. The third kappa shape index (κ3) is 4.92. The summed E-state index contributed by atoms with van der Waals surface area (Å²) >= 11 is 0. The molecule has 0 unspecified atom stereocenters. The van der Waals surface area contributed by atoms with Crippen molar-refractivity contribution in [2.75, 3.05) is 25.6 Å². The van der Waals surface area contributed by atoms with Gasteiger partial charge in [0.2, 0.25) is 0 Å². The van der Waals surface area contributed by atoms with Crippen LogP contribution < -0.4 is 10.6 Å². The molecule has 0 atom stereocenters. The summed E-state index contributed by atoms with van der Waals surface area (Å²) in [5.74, 6) is -2.05. The van der Waals surface area contributed by atoms with E-state index >= 15 is 0 Å². The van der Waals surface area contributed by atoms with E-state index in [0.717, 1.165) is 6.07 Å². The summed E-state index contributed by atoms with van der Waals surface area (Å²) in [6, 6.07) is 5.33. The molecule has 0 saturated heterocycles. The normalized spacial score (nSPS) is 9.89. The molecule has 0 heterocycles. The second-order valence-corrected chi connectivity index (χ2v) is 3.57. The number of ether oxygens (including phenoxy) is 1. The third-order valence-corrected chi connectivity index (χ3v) is 2.10. The van der Waals surface area contributed by atoms with E-state index in [1.54, 1.807) is 7.11 Å². The summed E-state index contributed by atoms with van der Waals surface area (Å²) < 4.78 is 17.6. The highest BCUT2D eigenvalue weighted by atomic mass is 19.1. The van der Waals surface area contributed by atoms with Gasteiger partial charge < -0.3 is 15.4 Å². The van der Waals surface area contributed by atoms with Gasteiger partial charge in [0.1, 0.15) is 5.82 Å². The van der Waals surface area contributed by atoms with Crippen molar-refractivity contribution in [3.05, 3.63) is 30.1 Å². The van der Waals surface area contributed by atoms with E-state index in [2.05, 4.69) is 10.6 Å². The summed E-state index contributed by atoms with van der Waals surface area (Å²) in [6.07, 6.45) is 0.621. The Labute approximate surface area is 104 Å². The maximum absolute atomic E-state index is 12.8. The molecule has 0 bridgehead atoms. The lowest BCUT2D eigenvalue weighted by Gasteiger charge is -2.06. The van der Waals surface area contributed by atoms with Gasteiger partial charge in [-0.05, 0) is 24.6 Å². The fraction of sp³-hybridized carbons (Fsp3) is 0.333. The lowest BCUT2D eigenvalue weighted by atomic mass is 10.3. The molecule has 98 valence electrons. The average molecular weight is 254 g/mol. The number of amides is 2. The van der Waals surface area contributed by atoms with E-state index in [4.69, 9.17) is 4.74 Å². The van der Waals surface area contributed by atoms with Gasteiger partial charge in [-0.25, -0.2) is 4.39 Å². The number of carbonyl (C=O) groups excluding carboxylic acids is 2. The minimum absolute atomic E-state index is 0.243. The van der Waals surface area contributed by atoms with E-state index in [1.165, 1.54) is 18.2 Å².